The first-order valence-corrected chi connectivity index (χ1v) is 11.5. The van der Waals surface area contributed by atoms with Gasteiger partial charge in [-0.2, -0.15) is 0 Å². The summed E-state index contributed by atoms with van der Waals surface area (Å²) in [5.74, 6) is -1.68. The molecule has 1 saturated heterocycles. The molecule has 0 bridgehead atoms. The Hall–Kier alpha value is -3.79. The largest absolute Gasteiger partial charge is 0.496 e. The monoisotopic (exact) mass is 501 g/mol. The Balaban J connectivity index is 1.73. The maximum absolute atomic E-state index is 13.3. The summed E-state index contributed by atoms with van der Waals surface area (Å²) < 4.78 is 5.35. The van der Waals surface area contributed by atoms with E-state index in [0.717, 1.165) is 4.90 Å². The molecule has 0 aromatic heterocycles. The fourth-order valence-electron chi connectivity index (χ4n) is 3.70. The summed E-state index contributed by atoms with van der Waals surface area (Å²) in [6, 6.07) is 9.84. The second-order valence-corrected chi connectivity index (χ2v) is 8.54. The number of nitrogens with one attached hydrogen (secondary N) is 3. The molecule has 0 saturated carbocycles. The van der Waals surface area contributed by atoms with Gasteiger partial charge in [-0.25, -0.2) is 4.79 Å². The second kappa shape index (κ2) is 11.6. The number of benzene rings is 2. The van der Waals surface area contributed by atoms with E-state index in [1.54, 1.807) is 49.4 Å². The molecule has 2 aromatic carbocycles. The van der Waals surface area contributed by atoms with E-state index in [-0.39, 0.29) is 19.4 Å². The lowest BCUT2D eigenvalue weighted by molar-refractivity contribution is -0.133. The van der Waals surface area contributed by atoms with Crippen molar-refractivity contribution in [2.45, 2.75) is 25.8 Å². The molecule has 1 aliphatic heterocycles. The lowest BCUT2D eigenvalue weighted by Crippen LogP contribution is -2.53. The number of urea groups is 1. The molecule has 5 N–H and O–H groups in total. The molecule has 0 radical (unpaired) electrons. The van der Waals surface area contributed by atoms with Gasteiger partial charge >= 0.3 is 6.03 Å². The average Bonchev–Trinajstić information content (AvgIpc) is 2.97. The van der Waals surface area contributed by atoms with Gasteiger partial charge in [-0.05, 0) is 60.9 Å². The van der Waals surface area contributed by atoms with Crippen molar-refractivity contribution in [1.29, 1.82) is 0 Å². The molecule has 1 aliphatic rings. The highest BCUT2D eigenvalue weighted by atomic mass is 35.5. The fraction of sp³-hybridized carbons (Fsp3) is 0.333. The van der Waals surface area contributed by atoms with Crippen LogP contribution in [-0.4, -0.2) is 54.9 Å². The van der Waals surface area contributed by atoms with E-state index in [9.17, 15) is 19.2 Å². The molecule has 35 heavy (non-hydrogen) atoms. The third-order valence-corrected chi connectivity index (χ3v) is 5.85. The lowest BCUT2D eigenvalue weighted by atomic mass is 9.97. The minimum atomic E-state index is -0.925. The number of nitrogens with zero attached hydrogens (tertiary/aromatic N) is 1. The van der Waals surface area contributed by atoms with Crippen LogP contribution in [0.2, 0.25) is 5.02 Å². The van der Waals surface area contributed by atoms with Gasteiger partial charge in [0, 0.05) is 22.9 Å². The van der Waals surface area contributed by atoms with Crippen LogP contribution in [0, 0.1) is 5.92 Å². The van der Waals surface area contributed by atoms with Crippen LogP contribution in [0.15, 0.2) is 42.5 Å². The summed E-state index contributed by atoms with van der Waals surface area (Å²) >= 11 is 6.10. The zero-order valence-electron chi connectivity index (χ0n) is 19.5. The summed E-state index contributed by atoms with van der Waals surface area (Å²) in [5.41, 5.74) is 7.39. The van der Waals surface area contributed by atoms with Crippen LogP contribution in [0.1, 0.15) is 18.9 Å². The van der Waals surface area contributed by atoms with Crippen molar-refractivity contribution in [1.82, 2.24) is 15.5 Å². The van der Waals surface area contributed by atoms with Gasteiger partial charge in [0.15, 0.2) is 0 Å². The van der Waals surface area contributed by atoms with Gasteiger partial charge in [0.25, 0.3) is 0 Å². The minimum Gasteiger partial charge on any atom is -0.496 e. The summed E-state index contributed by atoms with van der Waals surface area (Å²) in [7, 11) is 1.50. The minimum absolute atomic E-state index is 0.0476. The Morgan fingerprint density at radius 1 is 1.23 bits per heavy atom. The van der Waals surface area contributed by atoms with E-state index in [0.29, 0.717) is 27.7 Å². The Bertz CT molecular complexity index is 1110. The predicted octanol–water partition coefficient (Wildman–Crippen LogP) is 2.17. The highest BCUT2D eigenvalue weighted by Gasteiger charge is 2.35. The standard InChI is InChI=1S/C24H28ClN5O5/c1-3-19(22(32)28-18-7-5-17(26)6-8-18)29-24(34)30-13-21(31)27-12-15(23(30)33)10-14-11-16(25)4-9-20(14)35-2/h4-9,11,15,19H,3,10,12-13,26H2,1-2H3,(H,27,31)(H,28,32)(H,29,34)/t15?,19-/m1/s1. The van der Waals surface area contributed by atoms with Crippen molar-refractivity contribution in [3.8, 4) is 5.75 Å². The maximum atomic E-state index is 13.3. The molecule has 186 valence electrons. The summed E-state index contributed by atoms with van der Waals surface area (Å²) in [6.45, 7) is 1.31. The molecular formula is C24H28ClN5O5. The SMILES string of the molecule is CC[C@@H](NC(=O)N1CC(=O)NCC(Cc2cc(Cl)ccc2OC)C1=O)C(=O)Nc1ccc(N)cc1. The molecule has 0 aliphatic carbocycles. The Morgan fingerprint density at radius 3 is 2.60 bits per heavy atom. The van der Waals surface area contributed by atoms with Gasteiger partial charge < -0.3 is 26.4 Å². The van der Waals surface area contributed by atoms with Crippen LogP contribution in [0.3, 0.4) is 0 Å². The van der Waals surface area contributed by atoms with Crippen molar-refractivity contribution in [2.75, 3.05) is 31.2 Å². The van der Waals surface area contributed by atoms with Crippen molar-refractivity contribution in [2.24, 2.45) is 5.92 Å². The topological polar surface area (TPSA) is 143 Å². The fourth-order valence-corrected chi connectivity index (χ4v) is 3.90. The van der Waals surface area contributed by atoms with Crippen LogP contribution in [0.4, 0.5) is 16.2 Å². The van der Waals surface area contributed by atoms with E-state index in [1.165, 1.54) is 7.11 Å². The molecule has 5 amide bonds. The molecule has 0 spiro atoms. The van der Waals surface area contributed by atoms with E-state index in [2.05, 4.69) is 16.0 Å². The normalized spacial score (nSPS) is 16.7. The summed E-state index contributed by atoms with van der Waals surface area (Å²) in [6.07, 6.45) is 0.464. The molecule has 1 fully saturated rings. The van der Waals surface area contributed by atoms with E-state index >= 15 is 0 Å². The van der Waals surface area contributed by atoms with Gasteiger partial charge in [-0.15, -0.1) is 0 Å². The lowest BCUT2D eigenvalue weighted by Gasteiger charge is -2.25. The third kappa shape index (κ3) is 6.63. The molecule has 1 unspecified atom stereocenters. The van der Waals surface area contributed by atoms with Gasteiger partial charge in [-0.3, -0.25) is 19.3 Å². The number of nitrogens with two attached hydrogens (primary N) is 1. The van der Waals surface area contributed by atoms with Crippen LogP contribution >= 0.6 is 11.6 Å². The number of carbonyl (C=O) groups excluding carboxylic acids is 4. The number of anilines is 2. The Morgan fingerprint density at radius 2 is 1.94 bits per heavy atom. The van der Waals surface area contributed by atoms with Crippen molar-refractivity contribution < 1.29 is 23.9 Å². The first kappa shape index (κ1) is 25.8. The van der Waals surface area contributed by atoms with Gasteiger partial charge in [-0.1, -0.05) is 18.5 Å². The smallest absolute Gasteiger partial charge is 0.325 e. The Kier molecular flexibility index (Phi) is 8.53. The van der Waals surface area contributed by atoms with Crippen LogP contribution in [0.5, 0.6) is 5.75 Å². The molecule has 2 atom stereocenters. The molecule has 1 heterocycles. The number of imide groups is 1. The first-order chi connectivity index (χ1) is 16.7. The van der Waals surface area contributed by atoms with E-state index < -0.39 is 42.3 Å². The first-order valence-electron chi connectivity index (χ1n) is 11.1. The molecule has 10 nitrogen and oxygen atoms in total. The number of halogens is 1. The van der Waals surface area contributed by atoms with E-state index in [1.807, 2.05) is 0 Å². The molecule has 11 heteroatoms. The molecular weight excluding hydrogens is 474 g/mol. The van der Waals surface area contributed by atoms with Gasteiger partial charge in [0.05, 0.1) is 13.0 Å². The van der Waals surface area contributed by atoms with Gasteiger partial charge in [0.1, 0.15) is 18.3 Å². The Labute approximate surface area is 208 Å². The summed E-state index contributed by atoms with van der Waals surface area (Å²) in [5, 5.41) is 8.40. The molecule has 2 aromatic rings. The van der Waals surface area contributed by atoms with Crippen molar-refractivity contribution in [3.05, 3.63) is 53.1 Å². The highest BCUT2D eigenvalue weighted by molar-refractivity contribution is 6.30. The molecule has 3 rings (SSSR count). The number of rotatable bonds is 7. The number of hydrogen-bond donors (Lipinski definition) is 4. The zero-order chi connectivity index (χ0) is 25.5. The second-order valence-electron chi connectivity index (χ2n) is 8.11. The predicted molar refractivity (Wildman–Crippen MR) is 132 cm³/mol. The number of carbonyl (C=O) groups is 4. The maximum Gasteiger partial charge on any atom is 0.325 e. The third-order valence-electron chi connectivity index (χ3n) is 5.62. The summed E-state index contributed by atoms with van der Waals surface area (Å²) in [4.78, 5) is 52.1. The number of methoxy groups -OCH3 is 1. The van der Waals surface area contributed by atoms with Crippen molar-refractivity contribution >= 4 is 46.7 Å². The zero-order valence-corrected chi connectivity index (χ0v) is 20.2. The van der Waals surface area contributed by atoms with Crippen LogP contribution in [0.25, 0.3) is 0 Å². The number of amides is 5. The number of hydrogen-bond acceptors (Lipinski definition) is 6. The van der Waals surface area contributed by atoms with Gasteiger partial charge in [0.2, 0.25) is 17.7 Å². The van der Waals surface area contributed by atoms with Crippen molar-refractivity contribution in [3.63, 3.8) is 0 Å². The van der Waals surface area contributed by atoms with Crippen LogP contribution < -0.4 is 26.4 Å². The quantitative estimate of drug-likeness (QED) is 0.428. The van der Waals surface area contributed by atoms with Crippen LogP contribution in [-0.2, 0) is 20.8 Å². The number of ether oxygens (including phenoxy) is 1. The average molecular weight is 502 g/mol. The van der Waals surface area contributed by atoms with E-state index in [4.69, 9.17) is 22.1 Å². The number of nitrogen functional groups attached to an aromatic ring is 1. The highest BCUT2D eigenvalue weighted by Crippen LogP contribution is 2.26.